The molecule has 0 bridgehead atoms. The highest BCUT2D eigenvalue weighted by molar-refractivity contribution is 6.24. The van der Waals surface area contributed by atoms with Gasteiger partial charge in [-0.1, -0.05) is 6.92 Å². The molecular weight excluding hydrogens is 231 g/mol. The summed E-state index contributed by atoms with van der Waals surface area (Å²) in [6, 6.07) is 1.36. The van der Waals surface area contributed by atoms with E-state index in [0.29, 0.717) is 0 Å². The first-order valence-electron chi connectivity index (χ1n) is 4.12. The van der Waals surface area contributed by atoms with Gasteiger partial charge in [0.1, 0.15) is 6.61 Å². The van der Waals surface area contributed by atoms with Gasteiger partial charge in [0, 0.05) is 0 Å². The van der Waals surface area contributed by atoms with Crippen molar-refractivity contribution in [3.8, 4) is 6.07 Å². The van der Waals surface area contributed by atoms with E-state index in [2.05, 4.69) is 4.94 Å². The normalized spacial score (nSPS) is 16.4. The summed E-state index contributed by atoms with van der Waals surface area (Å²) in [6.45, 7) is 0.991. The number of hydrogen-bond donors (Lipinski definition) is 0. The number of alkyl halides is 1. The van der Waals surface area contributed by atoms with E-state index in [-0.39, 0.29) is 19.6 Å². The molecule has 86 valence electrons. The minimum atomic E-state index is -2.34. The average molecular weight is 241 g/mol. The van der Waals surface area contributed by atoms with Crippen LogP contribution in [0.4, 0.5) is 4.53 Å². The van der Waals surface area contributed by atoms with Crippen LogP contribution in [0, 0.1) is 21.4 Å². The van der Waals surface area contributed by atoms with Gasteiger partial charge >= 0.3 is 5.00 Å². The van der Waals surface area contributed by atoms with E-state index in [0.717, 1.165) is 0 Å². The lowest BCUT2D eigenvalue weighted by Gasteiger charge is -2.20. The van der Waals surface area contributed by atoms with E-state index in [9.17, 15) is 14.6 Å². The molecule has 0 aliphatic heterocycles. The first-order chi connectivity index (χ1) is 7.02. The molecule has 0 aromatic rings. The Kier molecular flexibility index (Phi) is 6.08. The van der Waals surface area contributed by atoms with E-state index in [1.165, 1.54) is 6.07 Å². The van der Waals surface area contributed by atoms with Crippen molar-refractivity contribution in [1.29, 1.82) is 5.26 Å². The number of rotatable bonds is 7. The molecule has 2 atom stereocenters. The Hall–Kier alpha value is -0.970. The summed E-state index contributed by atoms with van der Waals surface area (Å²) in [7, 11) is 0. The van der Waals surface area contributed by atoms with Gasteiger partial charge in [0.15, 0.2) is 12.2 Å². The smallest absolute Gasteiger partial charge is 0.365 e. The Morgan fingerprint density at radius 1 is 1.73 bits per heavy atom. The SMILES string of the molecule is CCC(OCCOF)C(Cl)(C#N)[N+](=O)[O-]. The summed E-state index contributed by atoms with van der Waals surface area (Å²) in [4.78, 5) is 10.5. The summed E-state index contributed by atoms with van der Waals surface area (Å²) in [5.74, 6) is 0. The van der Waals surface area contributed by atoms with Crippen LogP contribution < -0.4 is 0 Å². The van der Waals surface area contributed by atoms with Gasteiger partial charge in [0.2, 0.25) is 0 Å². The maximum absolute atomic E-state index is 11.3. The predicted octanol–water partition coefficient (Wildman–Crippen LogP) is 1.42. The number of nitriles is 1. The van der Waals surface area contributed by atoms with Crippen LogP contribution >= 0.6 is 11.6 Å². The van der Waals surface area contributed by atoms with Crippen molar-refractivity contribution in [3.63, 3.8) is 0 Å². The summed E-state index contributed by atoms with van der Waals surface area (Å²) in [5, 5.41) is 19.2. The topological polar surface area (TPSA) is 85.4 Å². The second-order valence-electron chi connectivity index (χ2n) is 2.62. The number of ether oxygens (including phenoxy) is 1. The number of nitro groups is 1. The van der Waals surface area contributed by atoms with Crippen LogP contribution in [-0.2, 0) is 9.68 Å². The lowest BCUT2D eigenvalue weighted by molar-refractivity contribution is -0.538. The average Bonchev–Trinajstić information content (AvgIpc) is 2.23. The minimum Gasteiger partial charge on any atom is -0.365 e. The van der Waals surface area contributed by atoms with E-state index < -0.39 is 16.0 Å². The van der Waals surface area contributed by atoms with Crippen LogP contribution in [0.15, 0.2) is 0 Å². The van der Waals surface area contributed by atoms with Gasteiger partial charge in [-0.3, -0.25) is 10.1 Å². The fourth-order valence-corrected chi connectivity index (χ4v) is 1.17. The molecule has 8 heteroatoms. The van der Waals surface area contributed by atoms with Crippen LogP contribution in [0.25, 0.3) is 0 Å². The second-order valence-corrected chi connectivity index (χ2v) is 3.20. The van der Waals surface area contributed by atoms with Gasteiger partial charge in [-0.15, -0.1) is 0 Å². The second kappa shape index (κ2) is 6.50. The fraction of sp³-hybridized carbons (Fsp3) is 0.857. The molecule has 0 fully saturated rings. The molecule has 0 N–H and O–H groups in total. The van der Waals surface area contributed by atoms with Crippen molar-refractivity contribution >= 4 is 11.6 Å². The zero-order valence-corrected chi connectivity index (χ0v) is 8.74. The monoisotopic (exact) mass is 240 g/mol. The van der Waals surface area contributed by atoms with Crippen LogP contribution in [0.2, 0.25) is 0 Å². The highest BCUT2D eigenvalue weighted by atomic mass is 35.5. The Balaban J connectivity index is 4.49. The lowest BCUT2D eigenvalue weighted by Crippen LogP contribution is -2.44. The molecule has 2 unspecified atom stereocenters. The molecule has 6 nitrogen and oxygen atoms in total. The standard InChI is InChI=1S/C7H10ClFN2O4/c1-2-6(14-3-4-15-9)7(8,5-10)11(12)13/h6H,2-4H2,1H3. The molecule has 0 spiro atoms. The van der Waals surface area contributed by atoms with Gasteiger partial charge in [-0.2, -0.15) is 10.2 Å². The Morgan fingerprint density at radius 2 is 2.33 bits per heavy atom. The lowest BCUT2D eigenvalue weighted by atomic mass is 10.1. The zero-order chi connectivity index (χ0) is 11.9. The Bertz CT molecular complexity index is 260. The first-order valence-corrected chi connectivity index (χ1v) is 4.50. The van der Waals surface area contributed by atoms with Crippen molar-refractivity contribution in [2.24, 2.45) is 0 Å². The van der Waals surface area contributed by atoms with Gasteiger partial charge in [-0.05, 0) is 22.5 Å². The number of hydrogen-bond acceptors (Lipinski definition) is 5. The van der Waals surface area contributed by atoms with Gasteiger partial charge < -0.3 is 4.74 Å². The molecular formula is C7H10ClFN2O4. The molecule has 0 rings (SSSR count). The summed E-state index contributed by atoms with van der Waals surface area (Å²) in [5.41, 5.74) is 0. The fourth-order valence-electron chi connectivity index (χ4n) is 0.951. The Labute approximate surface area is 90.6 Å². The molecule has 0 amide bonds. The van der Waals surface area contributed by atoms with Crippen molar-refractivity contribution < 1.29 is 19.1 Å². The predicted molar refractivity (Wildman–Crippen MR) is 48.3 cm³/mol. The molecule has 0 saturated heterocycles. The third kappa shape index (κ3) is 3.58. The van der Waals surface area contributed by atoms with Crippen molar-refractivity contribution in [2.75, 3.05) is 13.2 Å². The van der Waals surface area contributed by atoms with Crippen molar-refractivity contribution in [2.45, 2.75) is 24.4 Å². The molecule has 15 heavy (non-hydrogen) atoms. The van der Waals surface area contributed by atoms with Gasteiger partial charge in [-0.25, -0.2) is 0 Å². The van der Waals surface area contributed by atoms with Crippen LogP contribution in [0.1, 0.15) is 13.3 Å². The van der Waals surface area contributed by atoms with Crippen LogP contribution in [-0.4, -0.2) is 29.2 Å². The van der Waals surface area contributed by atoms with Crippen LogP contribution in [0.3, 0.4) is 0 Å². The van der Waals surface area contributed by atoms with E-state index in [1.807, 2.05) is 0 Å². The maximum Gasteiger partial charge on any atom is 0.405 e. The number of nitrogens with zero attached hydrogens (tertiary/aromatic N) is 2. The van der Waals surface area contributed by atoms with E-state index in [4.69, 9.17) is 21.6 Å². The van der Waals surface area contributed by atoms with Crippen LogP contribution in [0.5, 0.6) is 0 Å². The van der Waals surface area contributed by atoms with Crippen molar-refractivity contribution in [1.82, 2.24) is 0 Å². The molecule has 0 saturated carbocycles. The molecule has 0 aliphatic carbocycles. The zero-order valence-electron chi connectivity index (χ0n) is 7.98. The largest absolute Gasteiger partial charge is 0.405 e. The summed E-state index contributed by atoms with van der Waals surface area (Å²) in [6.07, 6.45) is -0.959. The molecule has 0 aromatic carbocycles. The molecule has 0 radical (unpaired) electrons. The molecule has 0 aliphatic rings. The van der Waals surface area contributed by atoms with E-state index >= 15 is 0 Å². The quantitative estimate of drug-likeness (QED) is 0.221. The summed E-state index contributed by atoms with van der Waals surface area (Å²) < 4.78 is 16.2. The molecule has 0 heterocycles. The minimum absolute atomic E-state index is 0.157. The highest BCUT2D eigenvalue weighted by Crippen LogP contribution is 2.24. The third-order valence-electron chi connectivity index (χ3n) is 1.70. The van der Waals surface area contributed by atoms with Crippen molar-refractivity contribution in [3.05, 3.63) is 10.1 Å². The number of halogens is 2. The summed E-state index contributed by atoms with van der Waals surface area (Å²) >= 11 is 5.48. The van der Waals surface area contributed by atoms with Gasteiger partial charge in [0.25, 0.3) is 0 Å². The first kappa shape index (κ1) is 14.0. The Morgan fingerprint density at radius 3 is 2.67 bits per heavy atom. The van der Waals surface area contributed by atoms with E-state index in [1.54, 1.807) is 6.92 Å². The van der Waals surface area contributed by atoms with Gasteiger partial charge in [0.05, 0.1) is 11.5 Å². The third-order valence-corrected chi connectivity index (χ3v) is 2.17. The maximum atomic E-state index is 11.3. The molecule has 0 aromatic heterocycles. The highest BCUT2D eigenvalue weighted by Gasteiger charge is 2.49.